The largest absolute Gasteiger partial charge is 0.502 e. The molecular weight excluding hydrogens is 284 g/mol. The Morgan fingerprint density at radius 3 is 2.32 bits per heavy atom. The lowest BCUT2D eigenvalue weighted by Crippen LogP contribution is -1.95. The number of carbonyl (C=O) groups excluding carboxylic acids is 1. The number of phenolic OH excluding ortho intramolecular Hbond substituents is 1. The molecule has 1 aromatic heterocycles. The maximum atomic E-state index is 12.2. The summed E-state index contributed by atoms with van der Waals surface area (Å²) in [5, 5.41) is 14.0. The zero-order valence-corrected chi connectivity index (χ0v) is 13.0. The first-order valence-electron chi connectivity index (χ1n) is 6.64. The number of phenols is 1. The smallest absolute Gasteiger partial charge is 0.200 e. The van der Waals surface area contributed by atoms with E-state index in [1.165, 1.54) is 20.3 Å². The minimum absolute atomic E-state index is 0.0726. The number of nitrogens with zero attached hydrogens (tertiary/aromatic N) is 2. The number of ketones is 1. The van der Waals surface area contributed by atoms with Crippen LogP contribution >= 0.6 is 0 Å². The second-order valence-electron chi connectivity index (χ2n) is 4.77. The molecule has 2 aromatic rings. The lowest BCUT2D eigenvalue weighted by atomic mass is 10.1. The summed E-state index contributed by atoms with van der Waals surface area (Å²) in [6.45, 7) is 1.79. The van der Waals surface area contributed by atoms with Gasteiger partial charge in [0, 0.05) is 13.2 Å². The number of carbonyl (C=O) groups is 1. The Balaban J connectivity index is 2.30. The molecule has 0 saturated heterocycles. The van der Waals surface area contributed by atoms with Crippen molar-refractivity contribution in [2.75, 3.05) is 14.2 Å². The van der Waals surface area contributed by atoms with Crippen molar-refractivity contribution in [2.45, 2.75) is 6.92 Å². The fourth-order valence-electron chi connectivity index (χ4n) is 2.11. The summed E-state index contributed by atoms with van der Waals surface area (Å²) in [4.78, 5) is 12.2. The van der Waals surface area contributed by atoms with Gasteiger partial charge in [-0.25, -0.2) is 0 Å². The molecule has 6 nitrogen and oxygen atoms in total. The maximum Gasteiger partial charge on any atom is 0.200 e. The van der Waals surface area contributed by atoms with Crippen LogP contribution in [0.25, 0.3) is 6.08 Å². The highest BCUT2D eigenvalue weighted by Gasteiger charge is 2.12. The zero-order chi connectivity index (χ0) is 16.3. The number of methoxy groups -OCH3 is 2. The molecule has 1 N–H and O–H groups in total. The predicted molar refractivity (Wildman–Crippen MR) is 82.5 cm³/mol. The Bertz CT molecular complexity index is 707. The molecule has 0 amide bonds. The van der Waals surface area contributed by atoms with Crippen molar-refractivity contribution in [1.29, 1.82) is 0 Å². The third-order valence-corrected chi connectivity index (χ3v) is 3.21. The van der Waals surface area contributed by atoms with E-state index < -0.39 is 0 Å². The minimum Gasteiger partial charge on any atom is -0.502 e. The quantitative estimate of drug-likeness (QED) is 0.678. The molecule has 2 rings (SSSR count). The summed E-state index contributed by atoms with van der Waals surface area (Å²) in [6.07, 6.45) is 4.77. The number of rotatable bonds is 5. The van der Waals surface area contributed by atoms with Crippen molar-refractivity contribution in [3.8, 4) is 17.2 Å². The minimum atomic E-state index is -0.142. The molecule has 0 spiro atoms. The van der Waals surface area contributed by atoms with Crippen LogP contribution in [-0.4, -0.2) is 34.9 Å². The molecule has 0 atom stereocenters. The number of hydrogen-bond acceptors (Lipinski definition) is 5. The second-order valence-corrected chi connectivity index (χ2v) is 4.77. The van der Waals surface area contributed by atoms with E-state index in [1.54, 1.807) is 43.1 Å². The second kappa shape index (κ2) is 6.34. The molecule has 0 radical (unpaired) electrons. The van der Waals surface area contributed by atoms with E-state index in [4.69, 9.17) is 9.47 Å². The number of allylic oxidation sites excluding steroid dienone is 1. The first-order valence-corrected chi connectivity index (χ1v) is 6.64. The third-order valence-electron chi connectivity index (χ3n) is 3.21. The number of aryl methyl sites for hydroxylation is 2. The van der Waals surface area contributed by atoms with Crippen molar-refractivity contribution in [3.05, 3.63) is 41.2 Å². The average Bonchev–Trinajstić information content (AvgIpc) is 2.84. The number of hydrogen-bond donors (Lipinski definition) is 1. The third kappa shape index (κ3) is 3.11. The molecule has 0 fully saturated rings. The lowest BCUT2D eigenvalue weighted by Gasteiger charge is -2.09. The molecule has 0 saturated carbocycles. The van der Waals surface area contributed by atoms with Crippen molar-refractivity contribution in [1.82, 2.24) is 9.78 Å². The SMILES string of the molecule is COc1cc(/C=C/C(=O)c2cn(C)nc2C)cc(OC)c1O. The highest BCUT2D eigenvalue weighted by atomic mass is 16.5. The van der Waals surface area contributed by atoms with Gasteiger partial charge in [-0.05, 0) is 30.7 Å². The summed E-state index contributed by atoms with van der Waals surface area (Å²) < 4.78 is 11.8. The normalized spacial score (nSPS) is 10.9. The molecule has 0 aliphatic rings. The van der Waals surface area contributed by atoms with E-state index in [9.17, 15) is 9.90 Å². The van der Waals surface area contributed by atoms with Crippen molar-refractivity contribution >= 4 is 11.9 Å². The molecule has 1 aromatic carbocycles. The van der Waals surface area contributed by atoms with Crippen LogP contribution in [0.4, 0.5) is 0 Å². The van der Waals surface area contributed by atoms with Gasteiger partial charge in [0.25, 0.3) is 0 Å². The topological polar surface area (TPSA) is 73.6 Å². The Hall–Kier alpha value is -2.76. The molecule has 0 aliphatic heterocycles. The number of aromatic nitrogens is 2. The molecule has 116 valence electrons. The summed E-state index contributed by atoms with van der Waals surface area (Å²) in [5.74, 6) is 0.348. The Morgan fingerprint density at radius 1 is 1.27 bits per heavy atom. The van der Waals surface area contributed by atoms with Crippen molar-refractivity contribution < 1.29 is 19.4 Å². The van der Waals surface area contributed by atoms with Gasteiger partial charge in [-0.15, -0.1) is 0 Å². The van der Waals surface area contributed by atoms with Crippen molar-refractivity contribution in [2.24, 2.45) is 7.05 Å². The summed E-state index contributed by atoms with van der Waals surface area (Å²) in [6, 6.07) is 3.25. The van der Waals surface area contributed by atoms with Gasteiger partial charge in [-0.3, -0.25) is 9.48 Å². The van der Waals surface area contributed by atoms with E-state index in [1.807, 2.05) is 0 Å². The molecule has 6 heteroatoms. The van der Waals surface area contributed by atoms with Gasteiger partial charge in [0.05, 0.1) is 25.5 Å². The molecule has 0 bridgehead atoms. The van der Waals surface area contributed by atoms with Crippen LogP contribution < -0.4 is 9.47 Å². The monoisotopic (exact) mass is 302 g/mol. The highest BCUT2D eigenvalue weighted by molar-refractivity contribution is 6.07. The van der Waals surface area contributed by atoms with Gasteiger partial charge in [0.2, 0.25) is 5.75 Å². The number of ether oxygens (including phenoxy) is 2. The summed E-state index contributed by atoms with van der Waals surface area (Å²) >= 11 is 0. The van der Waals surface area contributed by atoms with E-state index in [2.05, 4.69) is 5.10 Å². The van der Waals surface area contributed by atoms with Crippen molar-refractivity contribution in [3.63, 3.8) is 0 Å². The fraction of sp³-hybridized carbons (Fsp3) is 0.250. The van der Waals surface area contributed by atoms with E-state index in [0.29, 0.717) is 16.8 Å². The highest BCUT2D eigenvalue weighted by Crippen LogP contribution is 2.37. The predicted octanol–water partition coefficient (Wildman–Crippen LogP) is 2.35. The average molecular weight is 302 g/mol. The van der Waals surface area contributed by atoms with Gasteiger partial charge in [-0.2, -0.15) is 5.10 Å². The van der Waals surface area contributed by atoms with Gasteiger partial charge in [0.15, 0.2) is 17.3 Å². The van der Waals surface area contributed by atoms with Gasteiger partial charge < -0.3 is 14.6 Å². The maximum absolute atomic E-state index is 12.2. The van der Waals surface area contributed by atoms with Crippen LogP contribution in [0.1, 0.15) is 21.6 Å². The standard InChI is InChI=1S/C16H18N2O4/c1-10-12(9-18(2)17-10)13(19)6-5-11-7-14(21-3)16(20)15(8-11)22-4/h5-9,20H,1-4H3/b6-5+. The van der Waals surface area contributed by atoms with E-state index >= 15 is 0 Å². The van der Waals surface area contributed by atoms with Gasteiger partial charge in [0.1, 0.15) is 0 Å². The van der Waals surface area contributed by atoms with Crippen LogP contribution in [0, 0.1) is 6.92 Å². The van der Waals surface area contributed by atoms with E-state index in [0.717, 1.165) is 0 Å². The van der Waals surface area contributed by atoms with Crippen LogP contribution in [0.5, 0.6) is 17.2 Å². The van der Waals surface area contributed by atoms with Crippen LogP contribution in [0.3, 0.4) is 0 Å². The molecular formula is C16H18N2O4. The molecule has 1 heterocycles. The number of aromatic hydroxyl groups is 1. The lowest BCUT2D eigenvalue weighted by molar-refractivity contribution is 0.104. The van der Waals surface area contributed by atoms with Crippen LogP contribution in [0.2, 0.25) is 0 Å². The fourth-order valence-corrected chi connectivity index (χ4v) is 2.11. The summed E-state index contributed by atoms with van der Waals surface area (Å²) in [7, 11) is 4.67. The van der Waals surface area contributed by atoms with Crippen LogP contribution in [-0.2, 0) is 7.05 Å². The molecule has 22 heavy (non-hydrogen) atoms. The summed E-state index contributed by atoms with van der Waals surface area (Å²) in [5.41, 5.74) is 1.91. The number of benzene rings is 1. The first kappa shape index (κ1) is 15.6. The van der Waals surface area contributed by atoms with Crippen LogP contribution in [0.15, 0.2) is 24.4 Å². The molecule has 0 unspecified atom stereocenters. The Morgan fingerprint density at radius 2 is 1.86 bits per heavy atom. The molecule has 0 aliphatic carbocycles. The van der Waals surface area contributed by atoms with Gasteiger partial charge >= 0.3 is 0 Å². The zero-order valence-electron chi connectivity index (χ0n) is 13.0. The first-order chi connectivity index (χ1) is 10.5. The van der Waals surface area contributed by atoms with Gasteiger partial charge in [-0.1, -0.05) is 6.08 Å². The Kier molecular flexibility index (Phi) is 4.50. The Labute approximate surface area is 128 Å². The van der Waals surface area contributed by atoms with E-state index in [-0.39, 0.29) is 23.0 Å².